The van der Waals surface area contributed by atoms with Gasteiger partial charge in [-0.15, -0.1) is 0 Å². The summed E-state index contributed by atoms with van der Waals surface area (Å²) in [6, 6.07) is 0. The van der Waals surface area contributed by atoms with Crippen molar-refractivity contribution >= 4 is 14.0 Å². The van der Waals surface area contributed by atoms with Gasteiger partial charge in [0, 0.05) is 13.3 Å². The van der Waals surface area contributed by atoms with E-state index in [1.165, 1.54) is 6.92 Å². The van der Waals surface area contributed by atoms with Gasteiger partial charge >= 0.3 is 5.97 Å². The number of carbonyl (C=O) groups is 1. The maximum absolute atomic E-state index is 10.8. The number of rotatable bonds is 2. The normalized spacial score (nSPS) is 28.9. The van der Waals surface area contributed by atoms with E-state index in [2.05, 4.69) is 19.6 Å². The molecule has 0 aliphatic carbocycles. The Bertz CT molecular complexity index is 198. The monoisotopic (exact) mass is 202 g/mol. The van der Waals surface area contributed by atoms with E-state index in [4.69, 9.17) is 9.47 Å². The third kappa shape index (κ3) is 2.81. The smallest absolute Gasteiger partial charge is 0.302 e. The van der Waals surface area contributed by atoms with Gasteiger partial charge in [-0.1, -0.05) is 19.6 Å². The molecule has 0 spiro atoms. The summed E-state index contributed by atoms with van der Waals surface area (Å²) in [7, 11) is -1.35. The predicted octanol–water partition coefficient (Wildman–Crippen LogP) is 1.58. The summed E-state index contributed by atoms with van der Waals surface area (Å²) < 4.78 is 10.8. The fourth-order valence-electron chi connectivity index (χ4n) is 1.71. The zero-order valence-corrected chi connectivity index (χ0v) is 9.79. The van der Waals surface area contributed by atoms with Crippen molar-refractivity contribution in [3.8, 4) is 0 Å². The van der Waals surface area contributed by atoms with Crippen LogP contribution in [0.15, 0.2) is 0 Å². The first-order valence-electron chi connectivity index (χ1n) is 4.70. The minimum atomic E-state index is -1.35. The Balaban J connectivity index is 2.59. The summed E-state index contributed by atoms with van der Waals surface area (Å²) in [5.41, 5.74) is 0.177. The van der Waals surface area contributed by atoms with Crippen molar-refractivity contribution in [2.45, 2.75) is 44.8 Å². The molecule has 0 bridgehead atoms. The average Bonchev–Trinajstić information content (AvgIpc) is 2.31. The van der Waals surface area contributed by atoms with Crippen molar-refractivity contribution in [1.82, 2.24) is 0 Å². The molecule has 0 N–H and O–H groups in total. The highest BCUT2D eigenvalue weighted by Gasteiger charge is 2.40. The Labute approximate surface area is 80.4 Å². The molecular formula is C9H18O3Si. The Morgan fingerprint density at radius 3 is 2.54 bits per heavy atom. The molecule has 3 nitrogen and oxygen atoms in total. The predicted molar refractivity (Wildman–Crippen MR) is 53.3 cm³/mol. The average molecular weight is 202 g/mol. The van der Waals surface area contributed by atoms with Crippen LogP contribution in [-0.2, 0) is 14.3 Å². The number of esters is 1. The van der Waals surface area contributed by atoms with Crippen molar-refractivity contribution < 1.29 is 14.3 Å². The van der Waals surface area contributed by atoms with Gasteiger partial charge in [-0.2, -0.15) is 0 Å². The van der Waals surface area contributed by atoms with Gasteiger partial charge in [0.2, 0.25) is 0 Å². The fourth-order valence-corrected chi connectivity index (χ4v) is 3.68. The molecule has 1 aliphatic rings. The van der Waals surface area contributed by atoms with Crippen molar-refractivity contribution in [1.29, 1.82) is 0 Å². The molecule has 0 unspecified atom stereocenters. The van der Waals surface area contributed by atoms with E-state index < -0.39 is 8.07 Å². The number of hydrogen-bond acceptors (Lipinski definition) is 3. The lowest BCUT2D eigenvalue weighted by Gasteiger charge is -2.28. The fraction of sp³-hybridized carbons (Fsp3) is 0.889. The second-order valence-electron chi connectivity index (χ2n) is 4.59. The highest BCUT2D eigenvalue weighted by molar-refractivity contribution is 6.77. The van der Waals surface area contributed by atoms with Gasteiger partial charge in [0.15, 0.2) is 0 Å². The first kappa shape index (κ1) is 10.7. The number of hydrogen-bond donors (Lipinski definition) is 0. The van der Waals surface area contributed by atoms with E-state index >= 15 is 0 Å². The van der Waals surface area contributed by atoms with Crippen LogP contribution in [0, 0.1) is 0 Å². The summed E-state index contributed by atoms with van der Waals surface area (Å²) in [4.78, 5) is 10.8. The van der Waals surface area contributed by atoms with Crippen LogP contribution in [0.2, 0.25) is 19.6 Å². The highest BCUT2D eigenvalue weighted by atomic mass is 28.3. The Hall–Kier alpha value is -0.353. The number of carbonyl (C=O) groups excluding carboxylic acids is 1. The maximum Gasteiger partial charge on any atom is 0.302 e. The molecule has 2 atom stereocenters. The first-order chi connectivity index (χ1) is 5.91. The van der Waals surface area contributed by atoms with Gasteiger partial charge in [0.25, 0.3) is 0 Å². The number of ether oxygens (including phenoxy) is 2. The Kier molecular flexibility index (Phi) is 3.13. The third-order valence-electron chi connectivity index (χ3n) is 2.21. The molecule has 1 saturated heterocycles. The minimum absolute atomic E-state index is 0.00386. The van der Waals surface area contributed by atoms with Crippen molar-refractivity contribution in [2.24, 2.45) is 0 Å². The van der Waals surface area contributed by atoms with Crippen LogP contribution < -0.4 is 0 Å². The van der Waals surface area contributed by atoms with Crippen LogP contribution in [0.25, 0.3) is 0 Å². The van der Waals surface area contributed by atoms with E-state index in [-0.39, 0.29) is 17.8 Å². The SMILES string of the molecule is CC(=O)O[C@H]1CCO[C@H]1[Si](C)(C)C. The molecule has 1 fully saturated rings. The van der Waals surface area contributed by atoms with Crippen molar-refractivity contribution in [3.63, 3.8) is 0 Å². The third-order valence-corrected chi connectivity index (χ3v) is 4.45. The molecule has 76 valence electrons. The van der Waals surface area contributed by atoms with Gasteiger partial charge in [-0.05, 0) is 0 Å². The lowest BCUT2D eigenvalue weighted by Crippen LogP contribution is -2.45. The van der Waals surface area contributed by atoms with Gasteiger partial charge < -0.3 is 9.47 Å². The lowest BCUT2D eigenvalue weighted by atomic mass is 10.3. The van der Waals surface area contributed by atoms with Gasteiger partial charge in [0.05, 0.1) is 20.4 Å². The lowest BCUT2D eigenvalue weighted by molar-refractivity contribution is -0.147. The Morgan fingerprint density at radius 2 is 2.08 bits per heavy atom. The second kappa shape index (κ2) is 3.80. The summed E-state index contributed by atoms with van der Waals surface area (Å²) in [6.45, 7) is 8.89. The molecule has 0 aromatic rings. The molecule has 0 amide bonds. The van der Waals surface area contributed by atoms with Gasteiger partial charge in [-0.3, -0.25) is 4.79 Å². The standard InChI is InChI=1S/C9H18O3Si/c1-7(10)12-8-5-6-11-9(8)13(2,3)4/h8-9H,5-6H2,1-4H3/t8-,9-/m0/s1. The first-order valence-corrected chi connectivity index (χ1v) is 8.28. The zero-order chi connectivity index (χ0) is 10.1. The van der Waals surface area contributed by atoms with Crippen LogP contribution >= 0.6 is 0 Å². The van der Waals surface area contributed by atoms with E-state index in [9.17, 15) is 4.79 Å². The summed E-state index contributed by atoms with van der Waals surface area (Å²) in [5.74, 6) is -0.196. The van der Waals surface area contributed by atoms with Crippen molar-refractivity contribution in [2.75, 3.05) is 6.61 Å². The molecule has 1 aliphatic heterocycles. The van der Waals surface area contributed by atoms with Gasteiger partial charge in [-0.25, -0.2) is 0 Å². The quantitative estimate of drug-likeness (QED) is 0.504. The molecular weight excluding hydrogens is 184 g/mol. The summed E-state index contributed by atoms with van der Waals surface area (Å²) >= 11 is 0. The van der Waals surface area contributed by atoms with Crippen LogP contribution in [0.3, 0.4) is 0 Å². The zero-order valence-electron chi connectivity index (χ0n) is 8.79. The van der Waals surface area contributed by atoms with Gasteiger partial charge in [0.1, 0.15) is 6.10 Å². The summed E-state index contributed by atoms with van der Waals surface area (Å²) in [6.07, 6.45) is 0.860. The van der Waals surface area contributed by atoms with E-state index in [0.29, 0.717) is 0 Å². The molecule has 0 aromatic carbocycles. The maximum atomic E-state index is 10.8. The van der Waals surface area contributed by atoms with E-state index in [1.807, 2.05) is 0 Å². The van der Waals surface area contributed by atoms with E-state index in [0.717, 1.165) is 13.0 Å². The largest absolute Gasteiger partial charge is 0.460 e. The molecule has 0 saturated carbocycles. The topological polar surface area (TPSA) is 35.5 Å². The molecule has 0 radical (unpaired) electrons. The van der Waals surface area contributed by atoms with Crippen molar-refractivity contribution in [3.05, 3.63) is 0 Å². The molecule has 1 heterocycles. The Morgan fingerprint density at radius 1 is 1.46 bits per heavy atom. The van der Waals surface area contributed by atoms with Crippen LogP contribution in [0.4, 0.5) is 0 Å². The molecule has 0 aromatic heterocycles. The summed E-state index contributed by atoms with van der Waals surface area (Å²) in [5, 5.41) is 0. The van der Waals surface area contributed by atoms with Crippen LogP contribution in [0.1, 0.15) is 13.3 Å². The van der Waals surface area contributed by atoms with Crippen LogP contribution in [-0.4, -0.2) is 32.5 Å². The van der Waals surface area contributed by atoms with Crippen LogP contribution in [0.5, 0.6) is 0 Å². The second-order valence-corrected chi connectivity index (χ2v) is 9.90. The molecule has 4 heteroatoms. The molecule has 1 rings (SSSR count). The highest BCUT2D eigenvalue weighted by Crippen LogP contribution is 2.25. The minimum Gasteiger partial charge on any atom is -0.460 e. The van der Waals surface area contributed by atoms with E-state index in [1.54, 1.807) is 0 Å². The molecule has 13 heavy (non-hydrogen) atoms.